The Morgan fingerprint density at radius 2 is 1.88 bits per heavy atom. The first kappa shape index (κ1) is 11.8. The standard InChI is InChI=1S/C15H17NO/c1-10(17)14-13-9-12(15(2,3)4)6-5-11(13)7-8-16-14/h5-9H,1-4H3. The number of carbonyl (C=O) groups excluding carboxylic acids is 1. The van der Waals surface area contributed by atoms with Gasteiger partial charge in [0.15, 0.2) is 5.78 Å². The number of benzene rings is 1. The van der Waals surface area contributed by atoms with E-state index < -0.39 is 0 Å². The zero-order chi connectivity index (χ0) is 12.6. The lowest BCUT2D eigenvalue weighted by molar-refractivity contribution is 0.101. The van der Waals surface area contributed by atoms with Crippen LogP contribution < -0.4 is 0 Å². The fourth-order valence-corrected chi connectivity index (χ4v) is 1.92. The van der Waals surface area contributed by atoms with Gasteiger partial charge in [0.1, 0.15) is 5.69 Å². The molecule has 0 atom stereocenters. The van der Waals surface area contributed by atoms with Crippen molar-refractivity contribution in [2.45, 2.75) is 33.1 Å². The number of fused-ring (bicyclic) bond motifs is 1. The van der Waals surface area contributed by atoms with E-state index in [1.165, 1.54) is 5.56 Å². The van der Waals surface area contributed by atoms with E-state index in [1.807, 2.05) is 6.07 Å². The third-order valence-corrected chi connectivity index (χ3v) is 2.97. The van der Waals surface area contributed by atoms with Crippen LogP contribution in [-0.4, -0.2) is 10.8 Å². The molecule has 0 aliphatic carbocycles. The summed E-state index contributed by atoms with van der Waals surface area (Å²) in [6.07, 6.45) is 1.69. The van der Waals surface area contributed by atoms with Gasteiger partial charge in [0.25, 0.3) is 0 Å². The molecule has 2 nitrogen and oxygen atoms in total. The zero-order valence-corrected chi connectivity index (χ0v) is 10.7. The number of hydrogen-bond donors (Lipinski definition) is 0. The first-order valence-electron chi connectivity index (χ1n) is 5.80. The molecule has 2 rings (SSSR count). The van der Waals surface area contributed by atoms with Crippen LogP contribution in [0.25, 0.3) is 10.8 Å². The summed E-state index contributed by atoms with van der Waals surface area (Å²) in [5.41, 5.74) is 1.87. The van der Waals surface area contributed by atoms with Crippen molar-refractivity contribution in [1.82, 2.24) is 4.98 Å². The Hall–Kier alpha value is -1.70. The van der Waals surface area contributed by atoms with Crippen LogP contribution in [0.5, 0.6) is 0 Å². The van der Waals surface area contributed by atoms with E-state index in [2.05, 4.69) is 44.0 Å². The van der Waals surface area contributed by atoms with Gasteiger partial charge >= 0.3 is 0 Å². The Kier molecular flexibility index (Phi) is 2.74. The van der Waals surface area contributed by atoms with Crippen molar-refractivity contribution in [3.05, 3.63) is 41.7 Å². The summed E-state index contributed by atoms with van der Waals surface area (Å²) in [6, 6.07) is 8.20. The summed E-state index contributed by atoms with van der Waals surface area (Å²) in [6.45, 7) is 8.06. The summed E-state index contributed by atoms with van der Waals surface area (Å²) in [5.74, 6) is 0.0154. The van der Waals surface area contributed by atoms with Gasteiger partial charge in [-0.25, -0.2) is 0 Å². The molecule has 0 saturated heterocycles. The molecule has 2 heteroatoms. The predicted molar refractivity (Wildman–Crippen MR) is 70.4 cm³/mol. The zero-order valence-electron chi connectivity index (χ0n) is 10.7. The largest absolute Gasteiger partial charge is 0.293 e. The molecule has 0 bridgehead atoms. The maximum atomic E-state index is 11.6. The van der Waals surface area contributed by atoms with Gasteiger partial charge in [-0.1, -0.05) is 32.9 Å². The normalized spacial score (nSPS) is 11.8. The first-order valence-corrected chi connectivity index (χ1v) is 5.80. The average Bonchev–Trinajstić information content (AvgIpc) is 2.26. The lowest BCUT2D eigenvalue weighted by atomic mass is 9.85. The number of nitrogens with zero attached hydrogens (tertiary/aromatic N) is 1. The number of aromatic nitrogens is 1. The van der Waals surface area contributed by atoms with E-state index in [0.29, 0.717) is 5.69 Å². The van der Waals surface area contributed by atoms with Crippen molar-refractivity contribution >= 4 is 16.6 Å². The van der Waals surface area contributed by atoms with Crippen LogP contribution in [0, 0.1) is 0 Å². The van der Waals surface area contributed by atoms with Gasteiger partial charge < -0.3 is 0 Å². The van der Waals surface area contributed by atoms with Crippen molar-refractivity contribution < 1.29 is 4.79 Å². The van der Waals surface area contributed by atoms with Crippen LogP contribution in [0.1, 0.15) is 43.7 Å². The van der Waals surface area contributed by atoms with Crippen LogP contribution in [-0.2, 0) is 5.41 Å². The molecule has 0 radical (unpaired) electrons. The molecule has 0 fully saturated rings. The highest BCUT2D eigenvalue weighted by Crippen LogP contribution is 2.27. The predicted octanol–water partition coefficient (Wildman–Crippen LogP) is 3.73. The summed E-state index contributed by atoms with van der Waals surface area (Å²) >= 11 is 0. The van der Waals surface area contributed by atoms with Crippen LogP contribution in [0.3, 0.4) is 0 Å². The Labute approximate surface area is 102 Å². The average molecular weight is 227 g/mol. The number of rotatable bonds is 1. The number of ketones is 1. The maximum Gasteiger partial charge on any atom is 0.178 e. The quantitative estimate of drug-likeness (QED) is 0.695. The highest BCUT2D eigenvalue weighted by atomic mass is 16.1. The van der Waals surface area contributed by atoms with Gasteiger partial charge in [0, 0.05) is 18.5 Å². The minimum absolute atomic E-state index is 0.0154. The Morgan fingerprint density at radius 3 is 2.47 bits per heavy atom. The summed E-state index contributed by atoms with van der Waals surface area (Å²) < 4.78 is 0. The van der Waals surface area contributed by atoms with E-state index >= 15 is 0 Å². The van der Waals surface area contributed by atoms with Crippen LogP contribution in [0.4, 0.5) is 0 Å². The van der Waals surface area contributed by atoms with Crippen molar-refractivity contribution in [1.29, 1.82) is 0 Å². The fourth-order valence-electron chi connectivity index (χ4n) is 1.92. The number of pyridine rings is 1. The Balaban J connectivity index is 2.75. The van der Waals surface area contributed by atoms with Crippen molar-refractivity contribution in [3.63, 3.8) is 0 Å². The van der Waals surface area contributed by atoms with Gasteiger partial charge in [-0.3, -0.25) is 9.78 Å². The highest BCUT2D eigenvalue weighted by Gasteiger charge is 2.15. The maximum absolute atomic E-state index is 11.6. The molecular weight excluding hydrogens is 210 g/mol. The molecule has 0 saturated carbocycles. The van der Waals surface area contributed by atoms with Crippen molar-refractivity contribution in [2.24, 2.45) is 0 Å². The lowest BCUT2D eigenvalue weighted by Crippen LogP contribution is -2.11. The second kappa shape index (κ2) is 3.95. The van der Waals surface area contributed by atoms with Gasteiger partial charge in [0.05, 0.1) is 0 Å². The molecular formula is C15H17NO. The molecule has 88 valence electrons. The molecule has 17 heavy (non-hydrogen) atoms. The topological polar surface area (TPSA) is 30.0 Å². The third-order valence-electron chi connectivity index (χ3n) is 2.97. The lowest BCUT2D eigenvalue weighted by Gasteiger charge is -2.19. The summed E-state index contributed by atoms with van der Waals surface area (Å²) in [4.78, 5) is 15.7. The Bertz CT molecular complexity index is 579. The molecule has 0 aliphatic rings. The Morgan fingerprint density at radius 1 is 1.18 bits per heavy atom. The van der Waals surface area contributed by atoms with Gasteiger partial charge in [-0.15, -0.1) is 0 Å². The van der Waals surface area contributed by atoms with Crippen LogP contribution in [0.2, 0.25) is 0 Å². The monoisotopic (exact) mass is 227 g/mol. The molecule has 0 spiro atoms. The van der Waals surface area contributed by atoms with Crippen molar-refractivity contribution in [3.8, 4) is 0 Å². The summed E-state index contributed by atoms with van der Waals surface area (Å²) in [5, 5.41) is 2.02. The molecule has 1 aromatic heterocycles. The number of carbonyl (C=O) groups is 1. The van der Waals surface area contributed by atoms with E-state index in [0.717, 1.165) is 10.8 Å². The third kappa shape index (κ3) is 2.21. The molecule has 0 N–H and O–H groups in total. The van der Waals surface area contributed by atoms with E-state index in [-0.39, 0.29) is 11.2 Å². The molecule has 1 heterocycles. The smallest absolute Gasteiger partial charge is 0.178 e. The minimum Gasteiger partial charge on any atom is -0.293 e. The molecule has 0 aliphatic heterocycles. The van der Waals surface area contributed by atoms with E-state index in [4.69, 9.17) is 0 Å². The second-order valence-corrected chi connectivity index (χ2v) is 5.40. The number of hydrogen-bond acceptors (Lipinski definition) is 2. The first-order chi connectivity index (χ1) is 7.89. The molecule has 0 amide bonds. The van der Waals surface area contributed by atoms with E-state index in [1.54, 1.807) is 13.1 Å². The molecule has 2 aromatic rings. The van der Waals surface area contributed by atoms with Gasteiger partial charge in [-0.05, 0) is 28.5 Å². The molecule has 1 aromatic carbocycles. The van der Waals surface area contributed by atoms with Crippen LogP contribution >= 0.6 is 0 Å². The van der Waals surface area contributed by atoms with Gasteiger partial charge in [0.2, 0.25) is 0 Å². The SMILES string of the molecule is CC(=O)c1nccc2ccc(C(C)(C)C)cc12. The highest BCUT2D eigenvalue weighted by molar-refractivity contribution is 6.05. The second-order valence-electron chi connectivity index (χ2n) is 5.40. The van der Waals surface area contributed by atoms with E-state index in [9.17, 15) is 4.79 Å². The minimum atomic E-state index is 0.0154. The molecule has 0 unspecified atom stereocenters. The fraction of sp³-hybridized carbons (Fsp3) is 0.333. The van der Waals surface area contributed by atoms with Crippen LogP contribution in [0.15, 0.2) is 30.5 Å². The number of Topliss-reactive ketones (excluding diaryl/α,β-unsaturated/α-hetero) is 1. The van der Waals surface area contributed by atoms with Gasteiger partial charge in [-0.2, -0.15) is 0 Å². The summed E-state index contributed by atoms with van der Waals surface area (Å²) in [7, 11) is 0. The van der Waals surface area contributed by atoms with Crippen molar-refractivity contribution in [2.75, 3.05) is 0 Å².